The van der Waals surface area contributed by atoms with Crippen molar-refractivity contribution in [1.29, 1.82) is 0 Å². The van der Waals surface area contributed by atoms with Crippen molar-refractivity contribution >= 4 is 5.88 Å². The molecular formula is C13H14N2O2. The molecule has 1 aromatic carbocycles. The Morgan fingerprint density at radius 1 is 1.29 bits per heavy atom. The monoisotopic (exact) mass is 230 g/mol. The molecule has 0 amide bonds. The molecule has 0 unspecified atom stereocenters. The van der Waals surface area contributed by atoms with E-state index in [4.69, 9.17) is 10.3 Å². The molecule has 1 fully saturated rings. The molecule has 3 rings (SSSR count). The van der Waals surface area contributed by atoms with Crippen LogP contribution in [0.25, 0.3) is 11.1 Å². The van der Waals surface area contributed by atoms with Gasteiger partial charge in [0.2, 0.25) is 5.88 Å². The highest BCUT2D eigenvalue weighted by molar-refractivity contribution is 5.72. The first-order valence-electron chi connectivity index (χ1n) is 5.67. The second-order valence-electron chi connectivity index (χ2n) is 4.62. The van der Waals surface area contributed by atoms with Crippen LogP contribution in [0.2, 0.25) is 0 Å². The van der Waals surface area contributed by atoms with Gasteiger partial charge in [-0.3, -0.25) is 0 Å². The van der Waals surface area contributed by atoms with Gasteiger partial charge in [-0.1, -0.05) is 29.4 Å². The molecule has 0 saturated heterocycles. The summed E-state index contributed by atoms with van der Waals surface area (Å²) in [7, 11) is 0. The fourth-order valence-electron chi connectivity index (χ4n) is 2.16. The molecule has 1 aromatic heterocycles. The van der Waals surface area contributed by atoms with Crippen molar-refractivity contribution in [2.45, 2.75) is 18.3 Å². The lowest BCUT2D eigenvalue weighted by Gasteiger charge is -2.12. The number of hydrogen-bond donors (Lipinski definition) is 2. The molecule has 1 aliphatic rings. The lowest BCUT2D eigenvalue weighted by atomic mass is 9.95. The van der Waals surface area contributed by atoms with Crippen LogP contribution in [0.5, 0.6) is 0 Å². The Morgan fingerprint density at radius 2 is 2.00 bits per heavy atom. The second kappa shape index (κ2) is 3.60. The second-order valence-corrected chi connectivity index (χ2v) is 4.62. The first kappa shape index (κ1) is 10.4. The van der Waals surface area contributed by atoms with Crippen LogP contribution in [0.15, 0.2) is 35.0 Å². The number of rotatable bonds is 3. The van der Waals surface area contributed by atoms with Gasteiger partial charge >= 0.3 is 0 Å². The average Bonchev–Trinajstić information content (AvgIpc) is 3.06. The molecule has 17 heavy (non-hydrogen) atoms. The van der Waals surface area contributed by atoms with E-state index in [0.717, 1.165) is 24.0 Å². The fourth-order valence-corrected chi connectivity index (χ4v) is 2.16. The molecule has 1 saturated carbocycles. The predicted octanol–water partition coefficient (Wildman–Crippen LogP) is 1.95. The van der Waals surface area contributed by atoms with Crippen molar-refractivity contribution in [3.05, 3.63) is 36.0 Å². The largest absolute Gasteiger partial charge is 0.395 e. The van der Waals surface area contributed by atoms with Gasteiger partial charge < -0.3 is 15.4 Å². The van der Waals surface area contributed by atoms with Crippen LogP contribution in [0, 0.1) is 0 Å². The summed E-state index contributed by atoms with van der Waals surface area (Å²) in [6, 6.07) is 8.08. The zero-order chi connectivity index (χ0) is 11.9. The fraction of sp³-hybridized carbons (Fsp3) is 0.308. The first-order chi connectivity index (χ1) is 8.25. The molecule has 4 nitrogen and oxygen atoms in total. The van der Waals surface area contributed by atoms with Crippen LogP contribution < -0.4 is 5.73 Å². The molecule has 2 aromatic rings. The van der Waals surface area contributed by atoms with E-state index < -0.39 is 0 Å². The summed E-state index contributed by atoms with van der Waals surface area (Å²) in [5.41, 5.74) is 8.67. The van der Waals surface area contributed by atoms with E-state index in [0.29, 0.717) is 5.88 Å². The van der Waals surface area contributed by atoms with E-state index >= 15 is 0 Å². The van der Waals surface area contributed by atoms with Crippen LogP contribution in [0.3, 0.4) is 0 Å². The SMILES string of the molecule is Nc1oncc1-c1ccc(C2(CO)CC2)cc1. The van der Waals surface area contributed by atoms with E-state index in [1.807, 2.05) is 24.3 Å². The van der Waals surface area contributed by atoms with Crippen molar-refractivity contribution in [2.75, 3.05) is 12.3 Å². The molecular weight excluding hydrogens is 216 g/mol. The van der Waals surface area contributed by atoms with Crippen molar-refractivity contribution < 1.29 is 9.63 Å². The maximum atomic E-state index is 9.36. The molecule has 3 N–H and O–H groups in total. The highest BCUT2D eigenvalue weighted by Gasteiger charge is 2.43. The Labute approximate surface area is 99.0 Å². The zero-order valence-electron chi connectivity index (χ0n) is 9.39. The highest BCUT2D eigenvalue weighted by atomic mass is 16.5. The summed E-state index contributed by atoms with van der Waals surface area (Å²) < 4.78 is 4.84. The quantitative estimate of drug-likeness (QED) is 0.845. The Morgan fingerprint density at radius 3 is 2.47 bits per heavy atom. The van der Waals surface area contributed by atoms with Crippen LogP contribution in [-0.4, -0.2) is 16.9 Å². The number of aromatic nitrogens is 1. The van der Waals surface area contributed by atoms with Gasteiger partial charge in [0.05, 0.1) is 18.4 Å². The number of benzene rings is 1. The highest BCUT2D eigenvalue weighted by Crippen LogP contribution is 2.47. The summed E-state index contributed by atoms with van der Waals surface area (Å²) >= 11 is 0. The Kier molecular flexibility index (Phi) is 2.19. The molecule has 0 radical (unpaired) electrons. The van der Waals surface area contributed by atoms with Crippen LogP contribution >= 0.6 is 0 Å². The van der Waals surface area contributed by atoms with Crippen LogP contribution in [-0.2, 0) is 5.41 Å². The lowest BCUT2D eigenvalue weighted by Crippen LogP contribution is -2.11. The van der Waals surface area contributed by atoms with Gasteiger partial charge in [-0.25, -0.2) is 0 Å². The lowest BCUT2D eigenvalue weighted by molar-refractivity contribution is 0.255. The van der Waals surface area contributed by atoms with Gasteiger partial charge in [-0.05, 0) is 24.0 Å². The minimum absolute atomic E-state index is 0.0126. The topological polar surface area (TPSA) is 72.3 Å². The van der Waals surface area contributed by atoms with Gasteiger partial charge in [0.25, 0.3) is 0 Å². The first-order valence-corrected chi connectivity index (χ1v) is 5.67. The summed E-state index contributed by atoms with van der Waals surface area (Å²) in [6.45, 7) is 0.224. The molecule has 4 heteroatoms. The van der Waals surface area contributed by atoms with E-state index in [1.54, 1.807) is 6.20 Å². The number of aliphatic hydroxyl groups excluding tert-OH is 1. The van der Waals surface area contributed by atoms with E-state index in [9.17, 15) is 5.11 Å². The number of hydrogen-bond acceptors (Lipinski definition) is 4. The summed E-state index contributed by atoms with van der Waals surface area (Å²) in [6.07, 6.45) is 3.75. The molecule has 1 heterocycles. The molecule has 0 spiro atoms. The van der Waals surface area contributed by atoms with Crippen molar-refractivity contribution in [3.63, 3.8) is 0 Å². The van der Waals surface area contributed by atoms with Gasteiger partial charge in [-0.15, -0.1) is 0 Å². The molecule has 0 bridgehead atoms. The number of nitrogens with zero attached hydrogens (tertiary/aromatic N) is 1. The van der Waals surface area contributed by atoms with E-state index in [-0.39, 0.29) is 12.0 Å². The molecule has 0 atom stereocenters. The number of nitrogen functional groups attached to an aromatic ring is 1. The summed E-state index contributed by atoms with van der Waals surface area (Å²) in [4.78, 5) is 0. The number of anilines is 1. The molecule has 1 aliphatic carbocycles. The predicted molar refractivity (Wildman–Crippen MR) is 64.3 cm³/mol. The normalized spacial score (nSPS) is 17.0. The van der Waals surface area contributed by atoms with E-state index in [2.05, 4.69) is 5.16 Å². The van der Waals surface area contributed by atoms with E-state index in [1.165, 1.54) is 5.56 Å². The maximum absolute atomic E-state index is 9.36. The smallest absolute Gasteiger partial charge is 0.229 e. The van der Waals surface area contributed by atoms with Gasteiger partial charge in [-0.2, -0.15) is 0 Å². The zero-order valence-corrected chi connectivity index (χ0v) is 9.39. The minimum atomic E-state index is 0.0126. The van der Waals surface area contributed by atoms with Gasteiger partial charge in [0.1, 0.15) is 0 Å². The molecule has 0 aliphatic heterocycles. The van der Waals surface area contributed by atoms with Crippen molar-refractivity contribution in [2.24, 2.45) is 0 Å². The molecule has 88 valence electrons. The Balaban J connectivity index is 1.93. The average molecular weight is 230 g/mol. The third-order valence-electron chi connectivity index (χ3n) is 3.56. The third kappa shape index (κ3) is 1.61. The van der Waals surface area contributed by atoms with Crippen molar-refractivity contribution in [1.82, 2.24) is 5.16 Å². The number of aliphatic hydroxyl groups is 1. The minimum Gasteiger partial charge on any atom is -0.395 e. The Bertz CT molecular complexity index is 527. The third-order valence-corrected chi connectivity index (χ3v) is 3.56. The maximum Gasteiger partial charge on any atom is 0.229 e. The summed E-state index contributed by atoms with van der Waals surface area (Å²) in [5, 5.41) is 13.0. The van der Waals surface area contributed by atoms with Crippen LogP contribution in [0.4, 0.5) is 5.88 Å². The summed E-state index contributed by atoms with van der Waals surface area (Å²) in [5.74, 6) is 0.334. The Hall–Kier alpha value is -1.81. The van der Waals surface area contributed by atoms with Gasteiger partial charge in [0, 0.05) is 5.41 Å². The number of nitrogens with two attached hydrogens (primary N) is 1. The van der Waals surface area contributed by atoms with Crippen molar-refractivity contribution in [3.8, 4) is 11.1 Å². The van der Waals surface area contributed by atoms with Crippen LogP contribution in [0.1, 0.15) is 18.4 Å². The van der Waals surface area contributed by atoms with Gasteiger partial charge in [0.15, 0.2) is 0 Å². The standard InChI is InChI=1S/C13H14N2O2/c14-12-11(7-15-17-12)9-1-3-10(4-2-9)13(8-16)5-6-13/h1-4,7,16H,5-6,8,14H2.